The number of nitrogens with one attached hydrogen (secondary N) is 1. The van der Waals surface area contributed by atoms with Crippen LogP contribution >= 0.6 is 0 Å². The number of nitrogen functional groups attached to an aromatic ring is 1. The first kappa shape index (κ1) is 9.21. The van der Waals surface area contributed by atoms with Crippen LogP contribution in [-0.4, -0.2) is 28.7 Å². The molecule has 0 aliphatic carbocycles. The van der Waals surface area contributed by atoms with E-state index in [1.807, 2.05) is 6.92 Å². The summed E-state index contributed by atoms with van der Waals surface area (Å²) in [5, 5.41) is 3.26. The second kappa shape index (κ2) is 3.79. The number of ether oxygens (including phenoxy) is 1. The number of nitrogens with zero attached hydrogens (tertiary/aromatic N) is 2. The van der Waals surface area contributed by atoms with Gasteiger partial charge in [0.25, 0.3) is 0 Å². The third-order valence-corrected chi connectivity index (χ3v) is 2.44. The Morgan fingerprint density at radius 2 is 2.50 bits per heavy atom. The molecule has 1 aromatic rings. The van der Waals surface area contributed by atoms with Crippen molar-refractivity contribution in [3.05, 3.63) is 12.5 Å². The number of anilines is 2. The van der Waals surface area contributed by atoms with Gasteiger partial charge in [-0.25, -0.2) is 9.97 Å². The Morgan fingerprint density at radius 1 is 1.64 bits per heavy atom. The second-order valence-electron chi connectivity index (χ2n) is 3.44. The molecule has 1 aliphatic heterocycles. The molecular formula is C9H14N4O. The number of rotatable bonds is 2. The third-order valence-electron chi connectivity index (χ3n) is 2.44. The molecule has 0 radical (unpaired) electrons. The molecule has 2 unspecified atom stereocenters. The van der Waals surface area contributed by atoms with Crippen molar-refractivity contribution in [3.8, 4) is 0 Å². The van der Waals surface area contributed by atoms with E-state index in [0.29, 0.717) is 17.5 Å². The fraction of sp³-hybridized carbons (Fsp3) is 0.556. The van der Waals surface area contributed by atoms with Gasteiger partial charge in [-0.15, -0.1) is 0 Å². The minimum Gasteiger partial charge on any atom is -0.394 e. The lowest BCUT2D eigenvalue weighted by Crippen LogP contribution is -2.27. The van der Waals surface area contributed by atoms with Gasteiger partial charge in [-0.3, -0.25) is 0 Å². The lowest BCUT2D eigenvalue weighted by atomic mass is 10.1. The molecular weight excluding hydrogens is 180 g/mol. The van der Waals surface area contributed by atoms with Crippen molar-refractivity contribution in [2.45, 2.75) is 25.5 Å². The summed E-state index contributed by atoms with van der Waals surface area (Å²) in [4.78, 5) is 7.90. The van der Waals surface area contributed by atoms with Crippen LogP contribution in [-0.2, 0) is 4.74 Å². The zero-order valence-electron chi connectivity index (χ0n) is 8.10. The molecule has 2 rings (SSSR count). The maximum atomic E-state index is 5.72. The van der Waals surface area contributed by atoms with Crippen molar-refractivity contribution in [3.63, 3.8) is 0 Å². The Bertz CT molecular complexity index is 317. The standard InChI is InChI=1S/C9H14N4O/c1-6-8(2-3-14-6)13-9-7(10)4-11-5-12-9/h4-6,8H,2-3,10H2,1H3,(H,11,12,13). The minimum atomic E-state index is 0.212. The average Bonchev–Trinajstić information content (AvgIpc) is 2.56. The summed E-state index contributed by atoms with van der Waals surface area (Å²) in [5.74, 6) is 0.697. The Kier molecular flexibility index (Phi) is 2.49. The number of nitrogens with two attached hydrogens (primary N) is 1. The van der Waals surface area contributed by atoms with Crippen molar-refractivity contribution < 1.29 is 4.74 Å². The fourth-order valence-electron chi connectivity index (χ4n) is 1.56. The van der Waals surface area contributed by atoms with Gasteiger partial charge in [0.2, 0.25) is 0 Å². The van der Waals surface area contributed by atoms with Crippen LogP contribution in [0.15, 0.2) is 12.5 Å². The normalized spacial score (nSPS) is 26.4. The molecule has 0 bridgehead atoms. The van der Waals surface area contributed by atoms with Gasteiger partial charge in [-0.1, -0.05) is 0 Å². The fourth-order valence-corrected chi connectivity index (χ4v) is 1.56. The second-order valence-corrected chi connectivity index (χ2v) is 3.44. The monoisotopic (exact) mass is 194 g/mol. The Morgan fingerprint density at radius 3 is 3.14 bits per heavy atom. The van der Waals surface area contributed by atoms with Crippen LogP contribution in [0.1, 0.15) is 13.3 Å². The van der Waals surface area contributed by atoms with Gasteiger partial charge in [0.1, 0.15) is 6.33 Å². The summed E-state index contributed by atoms with van der Waals surface area (Å²) in [6.07, 6.45) is 4.28. The zero-order chi connectivity index (χ0) is 9.97. The molecule has 14 heavy (non-hydrogen) atoms. The molecule has 0 spiro atoms. The van der Waals surface area contributed by atoms with E-state index in [1.165, 1.54) is 6.33 Å². The van der Waals surface area contributed by atoms with E-state index in [0.717, 1.165) is 13.0 Å². The van der Waals surface area contributed by atoms with Gasteiger partial charge < -0.3 is 15.8 Å². The molecule has 0 aromatic carbocycles. The van der Waals surface area contributed by atoms with Gasteiger partial charge in [0.15, 0.2) is 5.82 Å². The quantitative estimate of drug-likeness (QED) is 0.723. The van der Waals surface area contributed by atoms with Crippen LogP contribution < -0.4 is 11.1 Å². The highest BCUT2D eigenvalue weighted by Gasteiger charge is 2.24. The van der Waals surface area contributed by atoms with Crippen molar-refractivity contribution in [2.75, 3.05) is 17.7 Å². The molecule has 2 atom stereocenters. The first-order valence-electron chi connectivity index (χ1n) is 4.71. The van der Waals surface area contributed by atoms with E-state index in [-0.39, 0.29) is 6.10 Å². The predicted octanol–water partition coefficient (Wildman–Crippen LogP) is 0.648. The molecule has 0 saturated carbocycles. The number of aromatic nitrogens is 2. The van der Waals surface area contributed by atoms with Gasteiger partial charge in [0, 0.05) is 6.61 Å². The Balaban J connectivity index is 2.07. The van der Waals surface area contributed by atoms with Gasteiger partial charge in [0.05, 0.1) is 24.0 Å². The number of hydrogen-bond acceptors (Lipinski definition) is 5. The first-order valence-corrected chi connectivity index (χ1v) is 4.71. The molecule has 1 aliphatic rings. The molecule has 1 saturated heterocycles. The van der Waals surface area contributed by atoms with E-state index >= 15 is 0 Å². The van der Waals surface area contributed by atoms with Crippen molar-refractivity contribution >= 4 is 11.5 Å². The summed E-state index contributed by atoms with van der Waals surface area (Å²) in [5.41, 5.74) is 6.29. The van der Waals surface area contributed by atoms with E-state index in [2.05, 4.69) is 15.3 Å². The zero-order valence-corrected chi connectivity index (χ0v) is 8.10. The summed E-state index contributed by atoms with van der Waals surface area (Å²) in [6, 6.07) is 0.298. The van der Waals surface area contributed by atoms with Crippen molar-refractivity contribution in [1.82, 2.24) is 9.97 Å². The lowest BCUT2D eigenvalue weighted by molar-refractivity contribution is 0.121. The molecule has 3 N–H and O–H groups in total. The maximum Gasteiger partial charge on any atom is 0.152 e. The number of hydrogen-bond donors (Lipinski definition) is 2. The summed E-state index contributed by atoms with van der Waals surface area (Å²) < 4.78 is 5.43. The van der Waals surface area contributed by atoms with E-state index in [1.54, 1.807) is 6.20 Å². The van der Waals surface area contributed by atoms with Crippen LogP contribution in [0, 0.1) is 0 Å². The first-order chi connectivity index (χ1) is 6.77. The largest absolute Gasteiger partial charge is 0.394 e. The average molecular weight is 194 g/mol. The summed E-state index contributed by atoms with van der Waals surface area (Å²) in [6.45, 7) is 2.84. The predicted molar refractivity (Wildman–Crippen MR) is 53.9 cm³/mol. The van der Waals surface area contributed by atoms with Gasteiger partial charge in [-0.2, -0.15) is 0 Å². The molecule has 0 amide bonds. The molecule has 5 nitrogen and oxygen atoms in total. The van der Waals surface area contributed by atoms with Crippen molar-refractivity contribution in [1.29, 1.82) is 0 Å². The SMILES string of the molecule is CC1OCCC1Nc1ncncc1N. The van der Waals surface area contributed by atoms with Crippen LogP contribution in [0.3, 0.4) is 0 Å². The lowest BCUT2D eigenvalue weighted by Gasteiger charge is -2.17. The summed E-state index contributed by atoms with van der Waals surface area (Å²) >= 11 is 0. The molecule has 1 aromatic heterocycles. The third kappa shape index (κ3) is 1.77. The van der Waals surface area contributed by atoms with Crippen molar-refractivity contribution in [2.24, 2.45) is 0 Å². The van der Waals surface area contributed by atoms with Crippen LogP contribution in [0.4, 0.5) is 11.5 Å². The van der Waals surface area contributed by atoms with E-state index < -0.39 is 0 Å². The van der Waals surface area contributed by atoms with E-state index in [9.17, 15) is 0 Å². The smallest absolute Gasteiger partial charge is 0.152 e. The van der Waals surface area contributed by atoms with Gasteiger partial charge in [-0.05, 0) is 13.3 Å². The van der Waals surface area contributed by atoms with Gasteiger partial charge >= 0.3 is 0 Å². The highest BCUT2D eigenvalue weighted by molar-refractivity contribution is 5.59. The highest BCUT2D eigenvalue weighted by Crippen LogP contribution is 2.20. The van der Waals surface area contributed by atoms with E-state index in [4.69, 9.17) is 10.5 Å². The Labute approximate surface area is 82.7 Å². The molecule has 5 heteroatoms. The highest BCUT2D eigenvalue weighted by atomic mass is 16.5. The van der Waals surface area contributed by atoms with Crippen LogP contribution in [0.25, 0.3) is 0 Å². The van der Waals surface area contributed by atoms with Crippen LogP contribution in [0.2, 0.25) is 0 Å². The molecule has 1 fully saturated rings. The van der Waals surface area contributed by atoms with Crippen LogP contribution in [0.5, 0.6) is 0 Å². The minimum absolute atomic E-state index is 0.212. The molecule has 76 valence electrons. The Hall–Kier alpha value is -1.36. The topological polar surface area (TPSA) is 73.1 Å². The summed E-state index contributed by atoms with van der Waals surface area (Å²) in [7, 11) is 0. The molecule has 2 heterocycles. The maximum absolute atomic E-state index is 5.72.